The maximum absolute atomic E-state index is 14.4. The van der Waals surface area contributed by atoms with E-state index in [9.17, 15) is 24.3 Å². The van der Waals surface area contributed by atoms with Crippen molar-refractivity contribution in [1.82, 2.24) is 20.5 Å². The van der Waals surface area contributed by atoms with Crippen LogP contribution in [0.2, 0.25) is 0 Å². The summed E-state index contributed by atoms with van der Waals surface area (Å²) >= 11 is 0. The highest BCUT2D eigenvalue weighted by molar-refractivity contribution is 5.96. The molecule has 3 aromatic rings. The topological polar surface area (TPSA) is 147 Å². The van der Waals surface area contributed by atoms with Gasteiger partial charge in [0.05, 0.1) is 24.4 Å². The average molecular weight is 683 g/mol. The number of amides is 3. The second-order valence-corrected chi connectivity index (χ2v) is 14.1. The summed E-state index contributed by atoms with van der Waals surface area (Å²) in [5.74, 6) is -1.76. The van der Waals surface area contributed by atoms with Crippen LogP contribution in [0.1, 0.15) is 64.4 Å². The molecular formula is C39H46N4O7. The Hall–Kier alpha value is -4.93. The second kappa shape index (κ2) is 14.9. The molecule has 0 spiro atoms. The van der Waals surface area contributed by atoms with Gasteiger partial charge in [-0.3, -0.25) is 9.59 Å². The molecule has 4 bridgehead atoms. The summed E-state index contributed by atoms with van der Waals surface area (Å²) in [7, 11) is 0. The van der Waals surface area contributed by atoms with Crippen molar-refractivity contribution in [2.75, 3.05) is 13.2 Å². The second-order valence-electron chi connectivity index (χ2n) is 14.1. The number of aromatic nitrogens is 1. The SMILES string of the molecule is C=C[C@H]1C[C@]1(NC(=O)[C@@H]1C[C@@H]2CN1C(=O)[C@H](CCC(C)C)NC(=O)OCCCCCc1ccc3nc(-c4ccccc4)cc(c3c1)O2)C(=O)O. The van der Waals surface area contributed by atoms with Crippen LogP contribution in [0.3, 0.4) is 0 Å². The van der Waals surface area contributed by atoms with Crippen molar-refractivity contribution in [3.8, 4) is 17.0 Å². The number of alkyl carbamates (subject to hydrolysis) is 1. The van der Waals surface area contributed by atoms with Crippen LogP contribution in [0.15, 0.2) is 67.3 Å². The smallest absolute Gasteiger partial charge is 0.407 e. The minimum atomic E-state index is -1.47. The van der Waals surface area contributed by atoms with Gasteiger partial charge >= 0.3 is 12.1 Å². The van der Waals surface area contributed by atoms with E-state index in [2.05, 4.69) is 29.3 Å². The molecule has 3 heterocycles. The van der Waals surface area contributed by atoms with E-state index in [0.29, 0.717) is 25.0 Å². The number of aliphatic carboxylic acids is 1. The van der Waals surface area contributed by atoms with E-state index < -0.39 is 53.5 Å². The van der Waals surface area contributed by atoms with Crippen molar-refractivity contribution in [3.05, 3.63) is 72.8 Å². The summed E-state index contributed by atoms with van der Waals surface area (Å²) in [6, 6.07) is 15.9. The Kier molecular flexibility index (Phi) is 10.4. The van der Waals surface area contributed by atoms with Gasteiger partial charge in [-0.25, -0.2) is 14.6 Å². The Labute approximate surface area is 292 Å². The number of aryl methyl sites for hydroxylation is 1. The van der Waals surface area contributed by atoms with E-state index in [1.807, 2.05) is 56.3 Å². The lowest BCUT2D eigenvalue weighted by Gasteiger charge is -2.29. The average Bonchev–Trinajstić information content (AvgIpc) is 3.67. The van der Waals surface area contributed by atoms with Gasteiger partial charge in [-0.15, -0.1) is 6.58 Å². The summed E-state index contributed by atoms with van der Waals surface area (Å²) in [4.78, 5) is 59.9. The van der Waals surface area contributed by atoms with Crippen molar-refractivity contribution < 1.29 is 33.8 Å². The third kappa shape index (κ3) is 7.61. The van der Waals surface area contributed by atoms with Gasteiger partial charge < -0.3 is 30.1 Å². The van der Waals surface area contributed by atoms with Crippen LogP contribution in [0.4, 0.5) is 4.79 Å². The minimum absolute atomic E-state index is 0.0565. The molecule has 50 heavy (non-hydrogen) atoms. The van der Waals surface area contributed by atoms with Crippen molar-refractivity contribution >= 4 is 34.8 Å². The fourth-order valence-electron chi connectivity index (χ4n) is 7.04. The minimum Gasteiger partial charge on any atom is -0.488 e. The lowest BCUT2D eigenvalue weighted by atomic mass is 10.0. The predicted molar refractivity (Wildman–Crippen MR) is 188 cm³/mol. The van der Waals surface area contributed by atoms with Crippen molar-refractivity contribution in [1.29, 1.82) is 0 Å². The Morgan fingerprint density at radius 3 is 2.66 bits per heavy atom. The monoisotopic (exact) mass is 682 g/mol. The molecule has 2 fully saturated rings. The molecule has 264 valence electrons. The van der Waals surface area contributed by atoms with Crippen LogP contribution >= 0.6 is 0 Å². The van der Waals surface area contributed by atoms with Crippen LogP contribution in [-0.4, -0.2) is 75.7 Å². The number of nitrogens with zero attached hydrogens (tertiary/aromatic N) is 2. The van der Waals surface area contributed by atoms with Crippen molar-refractivity contribution in [2.45, 2.75) is 88.9 Å². The molecule has 2 aromatic carbocycles. The summed E-state index contributed by atoms with van der Waals surface area (Å²) in [6.07, 6.45) is 4.82. The Morgan fingerprint density at radius 1 is 1.14 bits per heavy atom. The zero-order valence-electron chi connectivity index (χ0n) is 28.7. The van der Waals surface area contributed by atoms with Gasteiger partial charge in [0.25, 0.3) is 0 Å². The van der Waals surface area contributed by atoms with E-state index in [4.69, 9.17) is 14.5 Å². The fraction of sp³-hybridized carbons (Fsp3) is 0.462. The molecular weight excluding hydrogens is 636 g/mol. The molecule has 3 N–H and O–H groups in total. The van der Waals surface area contributed by atoms with E-state index >= 15 is 0 Å². The molecule has 5 atom stereocenters. The van der Waals surface area contributed by atoms with Gasteiger partial charge in [0, 0.05) is 29.4 Å². The molecule has 2 aliphatic heterocycles. The van der Waals surface area contributed by atoms with Crippen LogP contribution < -0.4 is 15.4 Å². The van der Waals surface area contributed by atoms with E-state index in [-0.39, 0.29) is 31.9 Å². The number of ether oxygens (including phenoxy) is 2. The molecule has 11 heteroatoms. The largest absolute Gasteiger partial charge is 0.488 e. The van der Waals surface area contributed by atoms with Gasteiger partial charge in [-0.05, 0) is 68.6 Å². The maximum atomic E-state index is 14.4. The predicted octanol–water partition coefficient (Wildman–Crippen LogP) is 5.65. The standard InChI is InChI=1S/C39H46N4O7/c1-4-27-22-39(27,37(46)47)42-35(44)33-20-28-23-43(33)36(45)31(16-14-24(2)3)41-38(48)49-18-10-6-7-11-25-15-17-30-29(19-25)34(50-28)21-32(40-30)26-12-8-5-9-13-26/h4-5,8-9,12-13,15,17,19,21,24,27-28,31,33H,1,6-7,10-11,14,16,18,20,22-23H2,2-3H3,(H,41,48)(H,42,44)(H,46,47)/t27-,28+,31-,33-,39+/m0/s1. The summed E-state index contributed by atoms with van der Waals surface area (Å²) in [6.45, 7) is 8.07. The number of benzene rings is 2. The third-order valence-electron chi connectivity index (χ3n) is 10.0. The molecule has 3 amide bonds. The number of carbonyl (C=O) groups excluding carboxylic acids is 3. The Morgan fingerprint density at radius 2 is 1.94 bits per heavy atom. The van der Waals surface area contributed by atoms with Gasteiger partial charge in [-0.2, -0.15) is 0 Å². The first kappa shape index (κ1) is 34.9. The molecule has 11 nitrogen and oxygen atoms in total. The van der Waals surface area contributed by atoms with Gasteiger partial charge in [0.15, 0.2) is 0 Å². The number of carboxylic acid groups (broad SMARTS) is 1. The molecule has 1 aromatic heterocycles. The number of hydrogen-bond donors (Lipinski definition) is 3. The first-order valence-corrected chi connectivity index (χ1v) is 17.7. The molecule has 1 saturated heterocycles. The highest BCUT2D eigenvalue weighted by atomic mass is 16.5. The third-order valence-corrected chi connectivity index (χ3v) is 10.0. The van der Waals surface area contributed by atoms with Crippen LogP contribution in [-0.2, 0) is 25.5 Å². The van der Waals surface area contributed by atoms with E-state index in [1.54, 1.807) is 0 Å². The normalized spacial score (nSPS) is 25.6. The molecule has 6 rings (SSSR count). The van der Waals surface area contributed by atoms with Crippen LogP contribution in [0.5, 0.6) is 5.75 Å². The number of rotatable bonds is 8. The number of cyclic esters (lactones) is 1. The number of hydrogen-bond acceptors (Lipinski definition) is 7. The molecule has 0 unspecified atom stereocenters. The zero-order valence-corrected chi connectivity index (χ0v) is 28.7. The summed E-state index contributed by atoms with van der Waals surface area (Å²) < 4.78 is 12.2. The molecule has 0 radical (unpaired) electrons. The maximum Gasteiger partial charge on any atom is 0.407 e. The highest BCUT2D eigenvalue weighted by Gasteiger charge is 2.61. The number of fused-ring (bicyclic) bond motifs is 3. The van der Waals surface area contributed by atoms with E-state index in [1.165, 1.54) is 11.0 Å². The zero-order chi connectivity index (χ0) is 35.4. The van der Waals surface area contributed by atoms with E-state index in [0.717, 1.165) is 47.0 Å². The van der Waals surface area contributed by atoms with Crippen LogP contribution in [0.25, 0.3) is 22.2 Å². The van der Waals surface area contributed by atoms with Gasteiger partial charge in [0.1, 0.15) is 29.5 Å². The first-order chi connectivity index (χ1) is 24.1. The van der Waals surface area contributed by atoms with Crippen molar-refractivity contribution in [2.24, 2.45) is 11.8 Å². The Balaban J connectivity index is 1.38. The number of pyridine rings is 1. The number of carboxylic acids is 1. The lowest BCUT2D eigenvalue weighted by molar-refractivity contribution is -0.145. The number of nitrogens with one attached hydrogen (secondary N) is 2. The summed E-state index contributed by atoms with van der Waals surface area (Å²) in [5.41, 5.74) is 2.05. The van der Waals surface area contributed by atoms with Crippen LogP contribution in [0, 0.1) is 11.8 Å². The van der Waals surface area contributed by atoms with Gasteiger partial charge in [-0.1, -0.05) is 56.3 Å². The van der Waals surface area contributed by atoms with Crippen molar-refractivity contribution in [3.63, 3.8) is 0 Å². The summed E-state index contributed by atoms with van der Waals surface area (Å²) in [5, 5.41) is 16.4. The lowest BCUT2D eigenvalue weighted by Crippen LogP contribution is -2.56. The molecule has 1 aliphatic carbocycles. The molecule has 1 saturated carbocycles. The van der Waals surface area contributed by atoms with Gasteiger partial charge in [0.2, 0.25) is 11.8 Å². The quantitative estimate of drug-likeness (QED) is 0.258. The highest BCUT2D eigenvalue weighted by Crippen LogP contribution is 2.45. The molecule has 3 aliphatic rings. The fourth-order valence-corrected chi connectivity index (χ4v) is 7.04. The number of carbonyl (C=O) groups is 4. The Bertz CT molecular complexity index is 1760. The first-order valence-electron chi connectivity index (χ1n) is 17.7.